The molecule has 3 rings (SSSR count). The van der Waals surface area contributed by atoms with Crippen molar-refractivity contribution in [1.29, 1.82) is 0 Å². The zero-order chi connectivity index (χ0) is 13.9. The highest BCUT2D eigenvalue weighted by atomic mass is 16.5. The predicted molar refractivity (Wildman–Crippen MR) is 80.4 cm³/mol. The average Bonchev–Trinajstić information content (AvgIpc) is 2.48. The summed E-state index contributed by atoms with van der Waals surface area (Å²) in [5.74, 6) is 3.84. The molecule has 5 nitrogen and oxygen atoms in total. The fraction of sp³-hybridized carbons (Fsp3) is 0.733. The molecule has 2 saturated heterocycles. The Morgan fingerprint density at radius 3 is 2.15 bits per heavy atom. The SMILES string of the molecule is Cc1nc(N2CCOCC2)cc(N2CCC(C)CC2)n1. The molecule has 110 valence electrons. The van der Waals surface area contributed by atoms with Crippen molar-refractivity contribution in [2.24, 2.45) is 5.92 Å². The van der Waals surface area contributed by atoms with Crippen molar-refractivity contribution in [3.8, 4) is 0 Å². The van der Waals surface area contributed by atoms with Gasteiger partial charge in [-0.05, 0) is 25.7 Å². The van der Waals surface area contributed by atoms with Crippen molar-refractivity contribution >= 4 is 11.6 Å². The molecule has 3 heterocycles. The van der Waals surface area contributed by atoms with Gasteiger partial charge < -0.3 is 14.5 Å². The fourth-order valence-electron chi connectivity index (χ4n) is 2.89. The number of nitrogens with zero attached hydrogens (tertiary/aromatic N) is 4. The number of piperidine rings is 1. The highest BCUT2D eigenvalue weighted by Crippen LogP contribution is 2.24. The van der Waals surface area contributed by atoms with Crippen LogP contribution in [0.1, 0.15) is 25.6 Å². The first-order valence-corrected chi connectivity index (χ1v) is 7.66. The van der Waals surface area contributed by atoms with Crippen molar-refractivity contribution in [3.63, 3.8) is 0 Å². The van der Waals surface area contributed by atoms with Crippen LogP contribution in [0.4, 0.5) is 11.6 Å². The Morgan fingerprint density at radius 1 is 1.00 bits per heavy atom. The second-order valence-electron chi connectivity index (χ2n) is 5.90. The van der Waals surface area contributed by atoms with Gasteiger partial charge in [-0.2, -0.15) is 0 Å². The summed E-state index contributed by atoms with van der Waals surface area (Å²) in [6.07, 6.45) is 2.52. The van der Waals surface area contributed by atoms with Gasteiger partial charge in [0.2, 0.25) is 0 Å². The normalized spacial score (nSPS) is 21.3. The Labute approximate surface area is 121 Å². The van der Waals surface area contributed by atoms with Gasteiger partial charge in [0.1, 0.15) is 17.5 Å². The van der Waals surface area contributed by atoms with E-state index in [9.17, 15) is 0 Å². The smallest absolute Gasteiger partial charge is 0.134 e. The van der Waals surface area contributed by atoms with E-state index in [1.807, 2.05) is 6.92 Å². The van der Waals surface area contributed by atoms with Crippen LogP contribution in [0.2, 0.25) is 0 Å². The zero-order valence-corrected chi connectivity index (χ0v) is 12.5. The van der Waals surface area contributed by atoms with Crippen molar-refractivity contribution < 1.29 is 4.74 Å². The number of hydrogen-bond acceptors (Lipinski definition) is 5. The molecule has 1 aromatic rings. The number of ether oxygens (including phenoxy) is 1. The van der Waals surface area contributed by atoms with Gasteiger partial charge in [0.05, 0.1) is 13.2 Å². The third-order valence-electron chi connectivity index (χ3n) is 4.25. The summed E-state index contributed by atoms with van der Waals surface area (Å²) in [4.78, 5) is 13.9. The van der Waals surface area contributed by atoms with Crippen LogP contribution in [0.15, 0.2) is 6.07 Å². The monoisotopic (exact) mass is 276 g/mol. The van der Waals surface area contributed by atoms with Gasteiger partial charge in [0, 0.05) is 32.2 Å². The first-order valence-electron chi connectivity index (χ1n) is 7.66. The highest BCUT2D eigenvalue weighted by molar-refractivity contribution is 5.51. The van der Waals surface area contributed by atoms with E-state index in [4.69, 9.17) is 4.74 Å². The molecule has 0 saturated carbocycles. The first kappa shape index (κ1) is 13.6. The molecule has 2 fully saturated rings. The van der Waals surface area contributed by atoms with Crippen LogP contribution in [0.3, 0.4) is 0 Å². The van der Waals surface area contributed by atoms with E-state index >= 15 is 0 Å². The molecule has 2 aliphatic rings. The lowest BCUT2D eigenvalue weighted by Gasteiger charge is -2.33. The van der Waals surface area contributed by atoms with Crippen molar-refractivity contribution in [1.82, 2.24) is 9.97 Å². The van der Waals surface area contributed by atoms with Crippen LogP contribution in [-0.4, -0.2) is 49.4 Å². The van der Waals surface area contributed by atoms with Crippen molar-refractivity contribution in [2.45, 2.75) is 26.7 Å². The number of aryl methyl sites for hydroxylation is 1. The number of aromatic nitrogens is 2. The van der Waals surface area contributed by atoms with Gasteiger partial charge in [-0.15, -0.1) is 0 Å². The van der Waals surface area contributed by atoms with E-state index in [2.05, 4.69) is 32.8 Å². The average molecular weight is 276 g/mol. The second kappa shape index (κ2) is 5.95. The molecule has 0 aromatic carbocycles. The van der Waals surface area contributed by atoms with Gasteiger partial charge in [0.25, 0.3) is 0 Å². The molecule has 0 N–H and O–H groups in total. The van der Waals surface area contributed by atoms with E-state index in [1.54, 1.807) is 0 Å². The first-order chi connectivity index (χ1) is 9.72. The van der Waals surface area contributed by atoms with Gasteiger partial charge in [-0.1, -0.05) is 6.92 Å². The molecule has 0 atom stereocenters. The standard InChI is InChI=1S/C15H24N4O/c1-12-3-5-18(6-4-12)14-11-15(17-13(2)16-14)19-7-9-20-10-8-19/h11-12H,3-10H2,1-2H3. The van der Waals surface area contributed by atoms with Crippen LogP contribution in [-0.2, 0) is 4.74 Å². The van der Waals surface area contributed by atoms with Gasteiger partial charge in [0.15, 0.2) is 0 Å². The third-order valence-corrected chi connectivity index (χ3v) is 4.25. The maximum atomic E-state index is 5.41. The summed E-state index contributed by atoms with van der Waals surface area (Å²) in [6.45, 7) is 9.97. The molecule has 0 radical (unpaired) electrons. The van der Waals surface area contributed by atoms with E-state index in [0.717, 1.165) is 62.8 Å². The summed E-state index contributed by atoms with van der Waals surface area (Å²) in [5.41, 5.74) is 0. The van der Waals surface area contributed by atoms with Crippen LogP contribution in [0, 0.1) is 12.8 Å². The Balaban J connectivity index is 1.79. The molecule has 2 aliphatic heterocycles. The van der Waals surface area contributed by atoms with E-state index in [-0.39, 0.29) is 0 Å². The Kier molecular flexibility index (Phi) is 4.05. The predicted octanol–water partition coefficient (Wildman–Crippen LogP) is 1.86. The molecule has 0 unspecified atom stereocenters. The summed E-state index contributed by atoms with van der Waals surface area (Å²) in [6, 6.07) is 2.15. The summed E-state index contributed by atoms with van der Waals surface area (Å²) in [7, 11) is 0. The maximum absolute atomic E-state index is 5.41. The topological polar surface area (TPSA) is 41.5 Å². The molecule has 20 heavy (non-hydrogen) atoms. The van der Waals surface area contributed by atoms with Crippen molar-refractivity contribution in [3.05, 3.63) is 11.9 Å². The number of rotatable bonds is 2. The van der Waals surface area contributed by atoms with Crippen LogP contribution in [0.5, 0.6) is 0 Å². The molecule has 0 aliphatic carbocycles. The second-order valence-corrected chi connectivity index (χ2v) is 5.90. The lowest BCUT2D eigenvalue weighted by atomic mass is 9.99. The summed E-state index contributed by atoms with van der Waals surface area (Å²) >= 11 is 0. The quantitative estimate of drug-likeness (QED) is 0.824. The Bertz CT molecular complexity index is 451. The lowest BCUT2D eigenvalue weighted by molar-refractivity contribution is 0.122. The minimum atomic E-state index is 0.791. The summed E-state index contributed by atoms with van der Waals surface area (Å²) < 4.78 is 5.41. The third kappa shape index (κ3) is 3.03. The molecule has 0 spiro atoms. The Morgan fingerprint density at radius 2 is 1.55 bits per heavy atom. The van der Waals surface area contributed by atoms with Crippen LogP contribution in [0.25, 0.3) is 0 Å². The number of morpholine rings is 1. The number of anilines is 2. The van der Waals surface area contributed by atoms with Crippen molar-refractivity contribution in [2.75, 3.05) is 49.2 Å². The van der Waals surface area contributed by atoms with Crippen LogP contribution >= 0.6 is 0 Å². The Hall–Kier alpha value is -1.36. The molecule has 1 aromatic heterocycles. The van der Waals surface area contributed by atoms with Gasteiger partial charge >= 0.3 is 0 Å². The van der Waals surface area contributed by atoms with E-state index < -0.39 is 0 Å². The largest absolute Gasteiger partial charge is 0.378 e. The van der Waals surface area contributed by atoms with E-state index in [1.165, 1.54) is 12.8 Å². The summed E-state index contributed by atoms with van der Waals surface area (Å²) in [5, 5.41) is 0. The van der Waals surface area contributed by atoms with E-state index in [0.29, 0.717) is 0 Å². The number of hydrogen-bond donors (Lipinski definition) is 0. The van der Waals surface area contributed by atoms with Crippen LogP contribution < -0.4 is 9.80 Å². The zero-order valence-electron chi connectivity index (χ0n) is 12.5. The minimum Gasteiger partial charge on any atom is -0.378 e. The molecular formula is C15H24N4O. The van der Waals surface area contributed by atoms with Gasteiger partial charge in [-0.3, -0.25) is 0 Å². The molecule has 0 amide bonds. The minimum absolute atomic E-state index is 0.791. The maximum Gasteiger partial charge on any atom is 0.134 e. The van der Waals surface area contributed by atoms with Gasteiger partial charge in [-0.25, -0.2) is 9.97 Å². The molecule has 0 bridgehead atoms. The molecular weight excluding hydrogens is 252 g/mol. The lowest BCUT2D eigenvalue weighted by Crippen LogP contribution is -2.37. The fourth-order valence-corrected chi connectivity index (χ4v) is 2.89. The molecule has 5 heteroatoms. The highest BCUT2D eigenvalue weighted by Gasteiger charge is 2.20.